The number of fused-ring (bicyclic) bond motifs is 1. The molecule has 1 amide bonds. The van der Waals surface area contributed by atoms with Crippen LogP contribution in [-0.4, -0.2) is 27.2 Å². The lowest BCUT2D eigenvalue weighted by Crippen LogP contribution is -2.15. The minimum absolute atomic E-state index is 0.109. The molecule has 0 spiro atoms. The summed E-state index contributed by atoms with van der Waals surface area (Å²) in [6.45, 7) is 1.93. The second kappa shape index (κ2) is 7.16. The average molecular weight is 380 g/mol. The van der Waals surface area contributed by atoms with Crippen molar-refractivity contribution in [2.45, 2.75) is 32.5 Å². The maximum atomic E-state index is 13.1. The predicted octanol–water partition coefficient (Wildman–Crippen LogP) is 3.23. The minimum atomic E-state index is -1.05. The van der Waals surface area contributed by atoms with Gasteiger partial charge in [0, 0.05) is 29.0 Å². The average Bonchev–Trinajstić information content (AvgIpc) is 3.44. The van der Waals surface area contributed by atoms with Crippen LogP contribution in [-0.2, 0) is 17.8 Å². The van der Waals surface area contributed by atoms with Crippen LogP contribution >= 0.6 is 0 Å². The number of nitrogens with one attached hydrogen (secondary N) is 1. The molecule has 28 heavy (non-hydrogen) atoms. The topological polar surface area (TPSA) is 101 Å². The Bertz CT molecular complexity index is 1070. The van der Waals surface area contributed by atoms with Crippen LogP contribution in [0.1, 0.15) is 24.6 Å². The van der Waals surface area contributed by atoms with Gasteiger partial charge in [-0.05, 0) is 53.6 Å². The molecule has 0 aliphatic heterocycles. The number of alkyl halides is 1. The van der Waals surface area contributed by atoms with E-state index >= 15 is 0 Å². The molecule has 7 heteroatoms. The Morgan fingerprint density at radius 1 is 1.29 bits per heavy atom. The Labute approximate surface area is 161 Å². The number of hydrogen-bond acceptors (Lipinski definition) is 5. The highest BCUT2D eigenvalue weighted by Gasteiger charge is 2.43. The second-order valence-electron chi connectivity index (χ2n) is 7.05. The highest BCUT2D eigenvalue weighted by Crippen LogP contribution is 2.35. The van der Waals surface area contributed by atoms with Crippen molar-refractivity contribution in [3.8, 4) is 11.1 Å². The summed E-state index contributed by atoms with van der Waals surface area (Å²) in [4.78, 5) is 20.5. The van der Waals surface area contributed by atoms with Gasteiger partial charge in [0.15, 0.2) is 0 Å². The molecule has 0 unspecified atom stereocenters. The maximum Gasteiger partial charge on any atom is 0.231 e. The summed E-state index contributed by atoms with van der Waals surface area (Å²) in [5.74, 6) is -0.546. The van der Waals surface area contributed by atoms with Gasteiger partial charge in [-0.2, -0.15) is 0 Å². The van der Waals surface area contributed by atoms with Gasteiger partial charge in [0.1, 0.15) is 12.0 Å². The molecule has 2 aromatic heterocycles. The molecule has 0 bridgehead atoms. The van der Waals surface area contributed by atoms with Crippen molar-refractivity contribution >= 4 is 28.2 Å². The van der Waals surface area contributed by atoms with Crippen molar-refractivity contribution in [2.24, 2.45) is 5.92 Å². The largest absolute Gasteiger partial charge is 0.398 e. The van der Waals surface area contributed by atoms with Crippen LogP contribution in [0, 0.1) is 5.92 Å². The first kappa shape index (κ1) is 18.3. The van der Waals surface area contributed by atoms with E-state index < -0.39 is 12.1 Å². The molecular weight excluding hydrogens is 359 g/mol. The van der Waals surface area contributed by atoms with Crippen LogP contribution in [0.2, 0.25) is 0 Å². The zero-order valence-electron chi connectivity index (χ0n) is 15.4. The van der Waals surface area contributed by atoms with Gasteiger partial charge in [-0.15, -0.1) is 0 Å². The number of halogens is 1. The number of carbonyl (C=O) groups is 1. The Hall–Kier alpha value is -3.06. The van der Waals surface area contributed by atoms with Crippen LogP contribution in [0.5, 0.6) is 0 Å². The quantitative estimate of drug-likeness (QED) is 0.590. The molecule has 1 aliphatic carbocycles. The van der Waals surface area contributed by atoms with E-state index in [-0.39, 0.29) is 18.9 Å². The van der Waals surface area contributed by atoms with Crippen LogP contribution in [0.15, 0.2) is 36.7 Å². The third-order valence-electron chi connectivity index (χ3n) is 5.07. The van der Waals surface area contributed by atoms with Gasteiger partial charge >= 0.3 is 0 Å². The fourth-order valence-corrected chi connectivity index (χ4v) is 3.35. The summed E-state index contributed by atoms with van der Waals surface area (Å²) in [5, 5.41) is 13.6. The fraction of sp³-hybridized carbons (Fsp3) is 0.286. The van der Waals surface area contributed by atoms with Crippen molar-refractivity contribution in [1.82, 2.24) is 9.97 Å². The van der Waals surface area contributed by atoms with E-state index in [0.29, 0.717) is 17.2 Å². The molecule has 1 fully saturated rings. The number of rotatable bonds is 5. The number of hydrogen-bond donors (Lipinski definition) is 3. The molecule has 1 aromatic carbocycles. The third-order valence-corrected chi connectivity index (χ3v) is 5.07. The van der Waals surface area contributed by atoms with E-state index in [1.54, 1.807) is 18.5 Å². The molecule has 144 valence electrons. The van der Waals surface area contributed by atoms with Gasteiger partial charge in [0.05, 0.1) is 18.2 Å². The van der Waals surface area contributed by atoms with Gasteiger partial charge in [0.25, 0.3) is 0 Å². The number of pyridine rings is 2. The molecule has 3 aromatic rings. The van der Waals surface area contributed by atoms with Gasteiger partial charge < -0.3 is 16.2 Å². The van der Waals surface area contributed by atoms with Crippen LogP contribution in [0.4, 0.5) is 15.9 Å². The van der Waals surface area contributed by atoms with E-state index in [1.165, 1.54) is 0 Å². The maximum absolute atomic E-state index is 13.1. The van der Waals surface area contributed by atoms with Crippen molar-refractivity contribution in [3.63, 3.8) is 0 Å². The summed E-state index contributed by atoms with van der Waals surface area (Å²) in [5.41, 5.74) is 10.3. The number of amides is 1. The summed E-state index contributed by atoms with van der Waals surface area (Å²) in [7, 11) is 0. The summed E-state index contributed by atoms with van der Waals surface area (Å²) < 4.78 is 13.1. The standard InChI is InChI=1S/C21H21FN4O2/c1-2-11-4-14(10-27)24-8-16(11)12-3-13-6-20(25-9-17(13)19(23)5-12)26-21(28)15-7-18(15)22/h3-6,8-9,15,18,27H,2,7,10,23H2,1H3,(H,25,26,28)/t15-,18+/m1/s1. The molecule has 0 radical (unpaired) electrons. The minimum Gasteiger partial charge on any atom is -0.398 e. The van der Waals surface area contributed by atoms with Crippen molar-refractivity contribution in [2.75, 3.05) is 11.1 Å². The van der Waals surface area contributed by atoms with Gasteiger partial charge in [-0.25, -0.2) is 9.37 Å². The summed E-state index contributed by atoms with van der Waals surface area (Å²) in [6.07, 6.45) is 3.35. The van der Waals surface area contributed by atoms with Gasteiger partial charge in [0.2, 0.25) is 5.91 Å². The highest BCUT2D eigenvalue weighted by molar-refractivity contribution is 6.00. The molecule has 6 nitrogen and oxygen atoms in total. The molecule has 2 atom stereocenters. The zero-order valence-corrected chi connectivity index (χ0v) is 15.4. The zero-order chi connectivity index (χ0) is 19.8. The lowest BCUT2D eigenvalue weighted by atomic mass is 9.96. The summed E-state index contributed by atoms with van der Waals surface area (Å²) >= 11 is 0. The number of nitrogen functional groups attached to an aromatic ring is 1. The lowest BCUT2D eigenvalue weighted by Gasteiger charge is -2.12. The van der Waals surface area contributed by atoms with Gasteiger partial charge in [-0.3, -0.25) is 9.78 Å². The number of anilines is 2. The predicted molar refractivity (Wildman–Crippen MR) is 106 cm³/mol. The molecule has 1 saturated carbocycles. The Morgan fingerprint density at radius 3 is 2.75 bits per heavy atom. The van der Waals surface area contributed by atoms with Crippen LogP contribution in [0.25, 0.3) is 21.9 Å². The molecule has 4 rings (SSSR count). The Morgan fingerprint density at radius 2 is 2.07 bits per heavy atom. The summed E-state index contributed by atoms with van der Waals surface area (Å²) in [6, 6.07) is 7.46. The number of aliphatic hydroxyl groups is 1. The Balaban J connectivity index is 1.73. The first-order valence-corrected chi connectivity index (χ1v) is 9.23. The Kier molecular flexibility index (Phi) is 4.68. The highest BCUT2D eigenvalue weighted by atomic mass is 19.1. The lowest BCUT2D eigenvalue weighted by molar-refractivity contribution is -0.117. The number of aliphatic hydroxyl groups excluding tert-OH is 1. The number of benzene rings is 1. The smallest absolute Gasteiger partial charge is 0.231 e. The monoisotopic (exact) mass is 380 g/mol. The van der Waals surface area contributed by atoms with E-state index in [2.05, 4.69) is 15.3 Å². The molecule has 2 heterocycles. The number of nitrogens with zero attached hydrogens (tertiary/aromatic N) is 2. The van der Waals surface area contributed by atoms with E-state index in [4.69, 9.17) is 5.73 Å². The third kappa shape index (κ3) is 3.41. The number of carbonyl (C=O) groups excluding carboxylic acids is 1. The van der Waals surface area contributed by atoms with Crippen molar-refractivity contribution in [1.29, 1.82) is 0 Å². The van der Waals surface area contributed by atoms with E-state index in [0.717, 1.165) is 33.9 Å². The number of aromatic nitrogens is 2. The normalized spacial score (nSPS) is 18.2. The van der Waals surface area contributed by atoms with E-state index in [9.17, 15) is 14.3 Å². The number of nitrogens with two attached hydrogens (primary N) is 1. The molecule has 4 N–H and O–H groups in total. The number of aryl methyl sites for hydroxylation is 1. The molecule has 1 aliphatic rings. The first-order valence-electron chi connectivity index (χ1n) is 9.23. The first-order chi connectivity index (χ1) is 13.5. The van der Waals surface area contributed by atoms with Crippen LogP contribution < -0.4 is 11.1 Å². The molecular formula is C21H21FN4O2. The second-order valence-corrected chi connectivity index (χ2v) is 7.05. The van der Waals surface area contributed by atoms with Crippen LogP contribution in [0.3, 0.4) is 0 Å². The fourth-order valence-electron chi connectivity index (χ4n) is 3.35. The van der Waals surface area contributed by atoms with E-state index in [1.807, 2.05) is 25.1 Å². The van der Waals surface area contributed by atoms with Crippen molar-refractivity contribution in [3.05, 3.63) is 47.9 Å². The molecule has 0 saturated heterocycles. The van der Waals surface area contributed by atoms with Crippen molar-refractivity contribution < 1.29 is 14.3 Å². The van der Waals surface area contributed by atoms with Gasteiger partial charge in [-0.1, -0.05) is 6.92 Å². The SMILES string of the molecule is CCc1cc(CO)ncc1-c1cc(N)c2cnc(NC(=O)[C@@H]3C[C@@H]3F)cc2c1.